The van der Waals surface area contributed by atoms with E-state index in [1.807, 2.05) is 0 Å². The molecule has 2 unspecified atom stereocenters. The molecular weight excluding hydrogens is 135 g/mol. The molecule has 0 spiro atoms. The quantitative estimate of drug-likeness (QED) is 0.598. The monoisotopic (exact) mass is 146 g/mol. The van der Waals surface area contributed by atoms with E-state index in [0.29, 0.717) is 18.3 Å². The number of ether oxygens (including phenoxy) is 1. The third-order valence-corrected chi connectivity index (χ3v) is 1.73. The highest BCUT2D eigenvalue weighted by Gasteiger charge is 2.25. The summed E-state index contributed by atoms with van der Waals surface area (Å²) in [5, 5.41) is 8.62. The zero-order valence-electron chi connectivity index (χ0n) is 5.88. The molecule has 0 saturated carbocycles. The lowest BCUT2D eigenvalue weighted by atomic mass is 10.1. The molecule has 10 heavy (non-hydrogen) atoms. The minimum absolute atomic E-state index is 0.0261. The van der Waals surface area contributed by atoms with E-state index < -0.39 is 0 Å². The summed E-state index contributed by atoms with van der Waals surface area (Å²) >= 11 is 0. The van der Waals surface area contributed by atoms with Crippen LogP contribution < -0.4 is 0 Å². The molecule has 1 fully saturated rings. The zero-order chi connectivity index (χ0) is 7.56. The van der Waals surface area contributed by atoms with Gasteiger partial charge >= 0.3 is 0 Å². The van der Waals surface area contributed by atoms with Crippen molar-refractivity contribution >= 4 is 0 Å². The van der Waals surface area contributed by atoms with Crippen LogP contribution in [-0.4, -0.2) is 23.9 Å². The molecule has 2 nitrogen and oxygen atoms in total. The normalized spacial score (nSPS) is 37.3. The van der Waals surface area contributed by atoms with Gasteiger partial charge in [0.2, 0.25) is 0 Å². The highest BCUT2D eigenvalue weighted by Crippen LogP contribution is 2.24. The van der Waals surface area contributed by atoms with Crippen molar-refractivity contribution in [3.05, 3.63) is 11.9 Å². The molecule has 1 saturated heterocycles. The fourth-order valence-corrected chi connectivity index (χ4v) is 1.09. The third kappa shape index (κ3) is 1.36. The second-order valence-corrected chi connectivity index (χ2v) is 2.47. The number of aliphatic hydroxyl groups is 1. The lowest BCUT2D eigenvalue weighted by molar-refractivity contribution is 0.0236. The van der Waals surface area contributed by atoms with Gasteiger partial charge in [0.1, 0.15) is 0 Å². The average molecular weight is 146 g/mol. The molecule has 0 aliphatic carbocycles. The van der Waals surface area contributed by atoms with Gasteiger partial charge in [-0.3, -0.25) is 0 Å². The van der Waals surface area contributed by atoms with E-state index >= 15 is 0 Å². The fraction of sp³-hybridized carbons (Fsp3) is 0.714. The Morgan fingerprint density at radius 1 is 1.90 bits per heavy atom. The summed E-state index contributed by atoms with van der Waals surface area (Å²) in [6.45, 7) is 1.75. The molecule has 0 aromatic rings. The van der Waals surface area contributed by atoms with Gasteiger partial charge in [0, 0.05) is 6.42 Å². The van der Waals surface area contributed by atoms with E-state index in [0.717, 1.165) is 0 Å². The van der Waals surface area contributed by atoms with Gasteiger partial charge in [-0.2, -0.15) is 0 Å². The first-order valence-electron chi connectivity index (χ1n) is 3.33. The van der Waals surface area contributed by atoms with Gasteiger partial charge in [0.25, 0.3) is 0 Å². The van der Waals surface area contributed by atoms with E-state index in [1.54, 1.807) is 6.92 Å². The van der Waals surface area contributed by atoms with E-state index in [4.69, 9.17) is 9.84 Å². The Kier molecular flexibility index (Phi) is 2.40. The van der Waals surface area contributed by atoms with Crippen LogP contribution in [0.5, 0.6) is 0 Å². The first-order valence-corrected chi connectivity index (χ1v) is 3.33. The van der Waals surface area contributed by atoms with Crippen molar-refractivity contribution in [1.29, 1.82) is 0 Å². The van der Waals surface area contributed by atoms with E-state index in [1.165, 1.54) is 0 Å². The van der Waals surface area contributed by atoms with Crippen LogP contribution in [0.25, 0.3) is 0 Å². The minimum Gasteiger partial charge on any atom is -0.394 e. The Morgan fingerprint density at radius 2 is 2.60 bits per heavy atom. The molecular formula is C7H11FO2. The second kappa shape index (κ2) is 3.12. The van der Waals surface area contributed by atoms with E-state index in [-0.39, 0.29) is 18.8 Å². The fourth-order valence-electron chi connectivity index (χ4n) is 1.09. The lowest BCUT2D eigenvalue weighted by Gasteiger charge is -2.04. The summed E-state index contributed by atoms with van der Waals surface area (Å²) in [5.41, 5.74) is 0.638. The third-order valence-electron chi connectivity index (χ3n) is 1.73. The number of halogens is 1. The Hall–Kier alpha value is -0.410. The second-order valence-electron chi connectivity index (χ2n) is 2.47. The SMILES string of the molecule is CC1OC(CO)C/C1=C\F. The van der Waals surface area contributed by atoms with Gasteiger partial charge in [-0.1, -0.05) is 0 Å². The van der Waals surface area contributed by atoms with Crippen molar-refractivity contribution in [3.8, 4) is 0 Å². The Bertz CT molecular complexity index is 145. The number of aliphatic hydroxyl groups excluding tert-OH is 1. The van der Waals surface area contributed by atoms with Crippen LogP contribution in [0, 0.1) is 0 Å². The largest absolute Gasteiger partial charge is 0.394 e. The molecule has 0 aromatic carbocycles. The Morgan fingerprint density at radius 3 is 2.90 bits per heavy atom. The first-order chi connectivity index (χ1) is 4.77. The summed E-state index contributed by atoms with van der Waals surface area (Å²) in [5.74, 6) is 0. The predicted molar refractivity (Wildman–Crippen MR) is 35.2 cm³/mol. The summed E-state index contributed by atoms with van der Waals surface area (Å²) < 4.78 is 17.1. The van der Waals surface area contributed by atoms with Crippen molar-refractivity contribution in [1.82, 2.24) is 0 Å². The van der Waals surface area contributed by atoms with Gasteiger partial charge in [-0.05, 0) is 12.5 Å². The van der Waals surface area contributed by atoms with Gasteiger partial charge in [0.05, 0.1) is 25.1 Å². The van der Waals surface area contributed by atoms with Crippen molar-refractivity contribution < 1.29 is 14.2 Å². The summed E-state index contributed by atoms with van der Waals surface area (Å²) in [6, 6.07) is 0. The molecule has 1 aliphatic heterocycles. The van der Waals surface area contributed by atoms with Crippen molar-refractivity contribution in [3.63, 3.8) is 0 Å². The summed E-state index contributed by atoms with van der Waals surface area (Å²) in [6.07, 6.45) is 0.730. The Labute approximate surface area is 59.3 Å². The number of hydrogen-bond donors (Lipinski definition) is 1. The Balaban J connectivity index is 2.52. The van der Waals surface area contributed by atoms with Gasteiger partial charge < -0.3 is 9.84 Å². The highest BCUT2D eigenvalue weighted by molar-refractivity contribution is 5.09. The maximum Gasteiger partial charge on any atom is 0.0885 e. The molecule has 0 bridgehead atoms. The molecule has 2 atom stereocenters. The average Bonchev–Trinajstić information content (AvgIpc) is 2.30. The van der Waals surface area contributed by atoms with Crippen LogP contribution >= 0.6 is 0 Å². The number of rotatable bonds is 1. The molecule has 1 rings (SSSR count). The molecule has 1 heterocycles. The summed E-state index contributed by atoms with van der Waals surface area (Å²) in [7, 11) is 0. The first kappa shape index (κ1) is 7.69. The van der Waals surface area contributed by atoms with Gasteiger partial charge in [0.15, 0.2) is 0 Å². The summed E-state index contributed by atoms with van der Waals surface area (Å²) in [4.78, 5) is 0. The molecule has 1 aliphatic rings. The smallest absolute Gasteiger partial charge is 0.0885 e. The topological polar surface area (TPSA) is 29.5 Å². The molecule has 0 radical (unpaired) electrons. The highest BCUT2D eigenvalue weighted by atomic mass is 19.1. The molecule has 0 amide bonds. The molecule has 58 valence electrons. The zero-order valence-corrected chi connectivity index (χ0v) is 5.88. The minimum atomic E-state index is -0.197. The van der Waals surface area contributed by atoms with E-state index in [2.05, 4.69) is 0 Å². The van der Waals surface area contributed by atoms with Gasteiger partial charge in [-0.15, -0.1) is 0 Å². The van der Waals surface area contributed by atoms with Crippen LogP contribution in [0.3, 0.4) is 0 Å². The maximum atomic E-state index is 11.9. The van der Waals surface area contributed by atoms with Crippen LogP contribution in [0.4, 0.5) is 4.39 Å². The van der Waals surface area contributed by atoms with Crippen LogP contribution in [0.1, 0.15) is 13.3 Å². The maximum absolute atomic E-state index is 11.9. The molecule has 1 N–H and O–H groups in total. The number of hydrogen-bond acceptors (Lipinski definition) is 2. The predicted octanol–water partition coefficient (Wildman–Crippen LogP) is 1.01. The van der Waals surface area contributed by atoms with Crippen molar-refractivity contribution in [2.24, 2.45) is 0 Å². The van der Waals surface area contributed by atoms with Crippen LogP contribution in [0.2, 0.25) is 0 Å². The van der Waals surface area contributed by atoms with Crippen LogP contribution in [0.15, 0.2) is 11.9 Å². The molecule has 3 heteroatoms. The van der Waals surface area contributed by atoms with Gasteiger partial charge in [-0.25, -0.2) is 4.39 Å². The molecule has 0 aromatic heterocycles. The van der Waals surface area contributed by atoms with Crippen molar-refractivity contribution in [2.45, 2.75) is 25.6 Å². The standard InChI is InChI=1S/C7H11FO2/c1-5-6(3-8)2-7(4-9)10-5/h3,5,7,9H,2,4H2,1H3/b6-3+. The van der Waals surface area contributed by atoms with Crippen molar-refractivity contribution in [2.75, 3.05) is 6.61 Å². The lowest BCUT2D eigenvalue weighted by Crippen LogP contribution is -2.12. The van der Waals surface area contributed by atoms with E-state index in [9.17, 15) is 4.39 Å². The van der Waals surface area contributed by atoms with Crippen LogP contribution in [-0.2, 0) is 4.74 Å².